The average molecular weight is 490 g/mol. The van der Waals surface area contributed by atoms with Crippen molar-refractivity contribution in [1.29, 1.82) is 0 Å². The summed E-state index contributed by atoms with van der Waals surface area (Å²) in [6.07, 6.45) is 2.26. The molecule has 2 aliphatic rings. The number of ether oxygens (including phenoxy) is 2. The molecule has 0 saturated carbocycles. The number of fused-ring (bicyclic) bond motifs is 4. The Hall–Kier alpha value is -4.38. The van der Waals surface area contributed by atoms with Gasteiger partial charge < -0.3 is 14.8 Å². The van der Waals surface area contributed by atoms with Crippen LogP contribution >= 0.6 is 0 Å². The molecule has 0 saturated heterocycles. The van der Waals surface area contributed by atoms with Crippen molar-refractivity contribution in [3.8, 4) is 11.5 Å². The molecular formula is C32H27NO4. The molecule has 5 heteroatoms. The second-order valence-electron chi connectivity index (χ2n) is 9.35. The summed E-state index contributed by atoms with van der Waals surface area (Å²) in [5, 5.41) is 5.97. The molecule has 5 nitrogen and oxygen atoms in total. The highest BCUT2D eigenvalue weighted by molar-refractivity contribution is 6.12. The molecule has 1 aliphatic carbocycles. The van der Waals surface area contributed by atoms with Crippen LogP contribution in [0.25, 0.3) is 16.3 Å². The van der Waals surface area contributed by atoms with Crippen LogP contribution < -0.4 is 14.8 Å². The van der Waals surface area contributed by atoms with E-state index in [9.17, 15) is 9.59 Å². The Kier molecular flexibility index (Phi) is 5.97. The number of Topliss-reactive ketones (excluding diaryl/α,β-unsaturated/α-hetero) is 1. The normalized spacial score (nSPS) is 16.6. The SMILES string of the molecule is CCOc1cc(C2Nc3ccc4ccccc4c3C3=C2C(=O)CCC3)ccc1OC(=O)c1ccccc1. The van der Waals surface area contributed by atoms with Gasteiger partial charge in [0.1, 0.15) is 0 Å². The molecule has 0 fully saturated rings. The number of allylic oxidation sites excluding steroid dienone is 1. The largest absolute Gasteiger partial charge is 0.490 e. The van der Waals surface area contributed by atoms with Crippen LogP contribution in [0.1, 0.15) is 53.7 Å². The maximum Gasteiger partial charge on any atom is 0.343 e. The van der Waals surface area contributed by atoms with E-state index in [4.69, 9.17) is 9.47 Å². The Morgan fingerprint density at radius 3 is 2.57 bits per heavy atom. The maximum atomic E-state index is 13.3. The molecule has 37 heavy (non-hydrogen) atoms. The minimum absolute atomic E-state index is 0.176. The molecule has 4 aromatic rings. The quantitative estimate of drug-likeness (QED) is 0.239. The fourth-order valence-corrected chi connectivity index (χ4v) is 5.44. The van der Waals surface area contributed by atoms with Crippen LogP contribution in [0, 0.1) is 0 Å². The highest BCUT2D eigenvalue weighted by atomic mass is 16.6. The molecule has 0 bridgehead atoms. The molecule has 1 aliphatic heterocycles. The Morgan fingerprint density at radius 1 is 0.919 bits per heavy atom. The summed E-state index contributed by atoms with van der Waals surface area (Å²) >= 11 is 0. The molecule has 1 atom stereocenters. The standard InChI is InChI=1S/C32H27NO4/c1-2-36-28-19-22(16-18-27(28)37-32(35)21-10-4-3-5-11-21)31-30-24(13-8-14-26(30)34)29-23-12-7-6-9-20(23)15-17-25(29)33-31/h3-7,9-12,15-19,31,33H,2,8,13-14H2,1H3. The molecule has 0 amide bonds. The van der Waals surface area contributed by atoms with Crippen molar-refractivity contribution in [2.45, 2.75) is 32.2 Å². The molecule has 0 aromatic heterocycles. The van der Waals surface area contributed by atoms with Gasteiger partial charge in [0.05, 0.1) is 18.2 Å². The van der Waals surface area contributed by atoms with Crippen LogP contribution in [0.4, 0.5) is 5.69 Å². The molecule has 0 spiro atoms. The summed E-state index contributed by atoms with van der Waals surface area (Å²) in [7, 11) is 0. The summed E-state index contributed by atoms with van der Waals surface area (Å²) < 4.78 is 11.6. The smallest absolute Gasteiger partial charge is 0.343 e. The Bertz CT molecular complexity index is 1550. The van der Waals surface area contributed by atoms with Crippen LogP contribution in [0.2, 0.25) is 0 Å². The lowest BCUT2D eigenvalue weighted by Gasteiger charge is -2.35. The maximum absolute atomic E-state index is 13.3. The third kappa shape index (κ3) is 4.16. The van der Waals surface area contributed by atoms with Crippen LogP contribution in [0.5, 0.6) is 11.5 Å². The van der Waals surface area contributed by atoms with Gasteiger partial charge in [-0.15, -0.1) is 0 Å². The Morgan fingerprint density at radius 2 is 1.73 bits per heavy atom. The molecule has 1 heterocycles. The van der Waals surface area contributed by atoms with E-state index in [-0.39, 0.29) is 11.8 Å². The van der Waals surface area contributed by atoms with Gasteiger partial charge in [-0.3, -0.25) is 4.79 Å². The van der Waals surface area contributed by atoms with E-state index in [0.717, 1.165) is 51.6 Å². The molecule has 1 unspecified atom stereocenters. The number of ketones is 1. The predicted molar refractivity (Wildman–Crippen MR) is 145 cm³/mol. The molecule has 6 rings (SSSR count). The van der Waals surface area contributed by atoms with Crippen LogP contribution in [0.3, 0.4) is 0 Å². The summed E-state index contributed by atoms with van der Waals surface area (Å²) in [5.41, 5.74) is 5.47. The van der Waals surface area contributed by atoms with Crippen molar-refractivity contribution in [3.63, 3.8) is 0 Å². The topological polar surface area (TPSA) is 64.6 Å². The van der Waals surface area contributed by atoms with Crippen molar-refractivity contribution >= 4 is 33.8 Å². The fourth-order valence-electron chi connectivity index (χ4n) is 5.44. The van der Waals surface area contributed by atoms with E-state index in [2.05, 4.69) is 29.6 Å². The van der Waals surface area contributed by atoms with Crippen molar-refractivity contribution in [3.05, 3.63) is 107 Å². The van der Waals surface area contributed by atoms with E-state index in [0.29, 0.717) is 30.1 Å². The van der Waals surface area contributed by atoms with Gasteiger partial charge in [-0.1, -0.05) is 54.6 Å². The van der Waals surface area contributed by atoms with E-state index in [1.54, 1.807) is 30.3 Å². The zero-order valence-electron chi connectivity index (χ0n) is 20.6. The highest BCUT2D eigenvalue weighted by Gasteiger charge is 2.35. The lowest BCUT2D eigenvalue weighted by Crippen LogP contribution is -2.27. The number of benzene rings is 4. The number of anilines is 1. The lowest BCUT2D eigenvalue weighted by atomic mass is 9.77. The van der Waals surface area contributed by atoms with E-state index in [1.165, 1.54) is 0 Å². The van der Waals surface area contributed by atoms with Crippen LogP contribution in [-0.4, -0.2) is 18.4 Å². The van der Waals surface area contributed by atoms with Crippen molar-refractivity contribution in [2.24, 2.45) is 0 Å². The fraction of sp³-hybridized carbons (Fsp3) is 0.188. The van der Waals surface area contributed by atoms with Crippen molar-refractivity contribution in [1.82, 2.24) is 0 Å². The number of hydrogen-bond acceptors (Lipinski definition) is 5. The minimum Gasteiger partial charge on any atom is -0.490 e. The average Bonchev–Trinajstić information content (AvgIpc) is 2.94. The second kappa shape index (κ2) is 9.58. The van der Waals surface area contributed by atoms with E-state index in [1.807, 2.05) is 37.3 Å². The Balaban J connectivity index is 1.42. The molecule has 184 valence electrons. The zero-order valence-corrected chi connectivity index (χ0v) is 20.6. The monoisotopic (exact) mass is 489 g/mol. The second-order valence-corrected chi connectivity index (χ2v) is 9.35. The number of nitrogens with one attached hydrogen (secondary N) is 1. The van der Waals surface area contributed by atoms with Gasteiger partial charge in [0.25, 0.3) is 0 Å². The lowest BCUT2D eigenvalue weighted by molar-refractivity contribution is -0.116. The Labute approximate surface area is 215 Å². The summed E-state index contributed by atoms with van der Waals surface area (Å²) in [6, 6.07) is 26.7. The van der Waals surface area contributed by atoms with Gasteiger partial charge in [0.15, 0.2) is 17.3 Å². The number of carbonyl (C=O) groups is 2. The van der Waals surface area contributed by atoms with E-state index < -0.39 is 5.97 Å². The number of carbonyl (C=O) groups excluding carboxylic acids is 2. The van der Waals surface area contributed by atoms with Crippen LogP contribution in [-0.2, 0) is 4.79 Å². The molecular weight excluding hydrogens is 462 g/mol. The van der Waals surface area contributed by atoms with Gasteiger partial charge in [-0.2, -0.15) is 0 Å². The minimum atomic E-state index is -0.446. The predicted octanol–water partition coefficient (Wildman–Crippen LogP) is 7.13. The first kappa shape index (κ1) is 23.0. The first-order chi connectivity index (χ1) is 18.1. The highest BCUT2D eigenvalue weighted by Crippen LogP contribution is 2.48. The molecule has 0 radical (unpaired) electrons. The molecule has 4 aromatic carbocycles. The van der Waals surface area contributed by atoms with Gasteiger partial charge in [0.2, 0.25) is 0 Å². The van der Waals surface area contributed by atoms with Crippen molar-refractivity contribution in [2.75, 3.05) is 11.9 Å². The first-order valence-corrected chi connectivity index (χ1v) is 12.7. The summed E-state index contributed by atoms with van der Waals surface area (Å²) in [4.78, 5) is 26.0. The van der Waals surface area contributed by atoms with Crippen LogP contribution in [0.15, 0.2) is 90.5 Å². The number of rotatable bonds is 5. The van der Waals surface area contributed by atoms with Gasteiger partial charge >= 0.3 is 5.97 Å². The van der Waals surface area contributed by atoms with Gasteiger partial charge in [-0.05, 0) is 72.0 Å². The van der Waals surface area contributed by atoms with Gasteiger partial charge in [-0.25, -0.2) is 4.79 Å². The van der Waals surface area contributed by atoms with Gasteiger partial charge in [0, 0.05) is 23.2 Å². The first-order valence-electron chi connectivity index (χ1n) is 12.7. The number of hydrogen-bond donors (Lipinski definition) is 1. The third-order valence-corrected chi connectivity index (χ3v) is 7.09. The number of esters is 1. The zero-order chi connectivity index (χ0) is 25.4. The third-order valence-electron chi connectivity index (χ3n) is 7.09. The summed E-state index contributed by atoms with van der Waals surface area (Å²) in [5.74, 6) is 0.555. The van der Waals surface area contributed by atoms with Crippen molar-refractivity contribution < 1.29 is 19.1 Å². The summed E-state index contributed by atoms with van der Waals surface area (Å²) in [6.45, 7) is 2.31. The molecule has 1 N–H and O–H groups in total. The van der Waals surface area contributed by atoms with E-state index >= 15 is 0 Å².